The molecular formula is C42H24N4OS. The van der Waals surface area contributed by atoms with Crippen LogP contribution in [0, 0.1) is 0 Å². The zero-order chi connectivity index (χ0) is 31.6. The molecule has 0 aliphatic heterocycles. The number of benzene rings is 7. The lowest BCUT2D eigenvalue weighted by Gasteiger charge is -2.11. The van der Waals surface area contributed by atoms with Gasteiger partial charge in [-0.1, -0.05) is 127 Å². The molecule has 0 radical (unpaired) electrons. The predicted molar refractivity (Wildman–Crippen MR) is 197 cm³/mol. The Hall–Kier alpha value is -6.24. The van der Waals surface area contributed by atoms with Gasteiger partial charge in [-0.05, 0) is 33.7 Å². The minimum absolute atomic E-state index is 0.559. The Labute approximate surface area is 278 Å². The molecule has 3 heterocycles. The molecule has 0 atom stereocenters. The van der Waals surface area contributed by atoms with E-state index in [0.29, 0.717) is 17.5 Å². The average Bonchev–Trinajstić information content (AvgIpc) is 3.75. The Morgan fingerprint density at radius 3 is 1.88 bits per heavy atom. The Morgan fingerprint density at radius 1 is 0.438 bits per heavy atom. The molecule has 10 aromatic rings. The number of hydrogen-bond donors (Lipinski definition) is 0. The SMILES string of the molecule is c1ccc(-c2nc(-c3ccc4ccc5ccccc5c4c3)nc(-c3c4nc(-c5ccccc5)sc4cc4oc5ccccc5c34)n2)cc1. The minimum atomic E-state index is 0.559. The number of thiazole rings is 1. The van der Waals surface area contributed by atoms with Crippen LogP contribution in [-0.2, 0) is 0 Å². The molecule has 0 bridgehead atoms. The number of furan rings is 1. The van der Waals surface area contributed by atoms with Crippen LogP contribution >= 0.6 is 11.3 Å². The van der Waals surface area contributed by atoms with E-state index in [0.717, 1.165) is 64.8 Å². The van der Waals surface area contributed by atoms with Gasteiger partial charge in [0.25, 0.3) is 0 Å². The molecule has 10 rings (SSSR count). The van der Waals surface area contributed by atoms with E-state index in [1.807, 2.05) is 66.7 Å². The fourth-order valence-electron chi connectivity index (χ4n) is 6.67. The maximum absolute atomic E-state index is 6.46. The fourth-order valence-corrected chi connectivity index (χ4v) is 7.68. The molecule has 0 amide bonds. The van der Waals surface area contributed by atoms with Crippen molar-refractivity contribution in [2.24, 2.45) is 0 Å². The predicted octanol–water partition coefficient (Wildman–Crippen LogP) is 11.4. The summed E-state index contributed by atoms with van der Waals surface area (Å²) in [5.74, 6) is 1.76. The summed E-state index contributed by atoms with van der Waals surface area (Å²) in [6.45, 7) is 0. The van der Waals surface area contributed by atoms with Gasteiger partial charge in [0.05, 0.1) is 15.8 Å². The van der Waals surface area contributed by atoms with Crippen molar-refractivity contribution in [3.63, 3.8) is 0 Å². The quantitative estimate of drug-likeness (QED) is 0.181. The van der Waals surface area contributed by atoms with Crippen LogP contribution in [0.4, 0.5) is 0 Å². The van der Waals surface area contributed by atoms with Gasteiger partial charge in [-0.3, -0.25) is 0 Å². The van der Waals surface area contributed by atoms with Crippen molar-refractivity contribution in [2.45, 2.75) is 0 Å². The average molecular weight is 633 g/mol. The lowest BCUT2D eigenvalue weighted by Crippen LogP contribution is -2.01. The third-order valence-corrected chi connectivity index (χ3v) is 9.99. The zero-order valence-corrected chi connectivity index (χ0v) is 26.3. The summed E-state index contributed by atoms with van der Waals surface area (Å²) < 4.78 is 7.47. The number of nitrogens with zero attached hydrogens (tertiary/aromatic N) is 4. The van der Waals surface area contributed by atoms with Crippen LogP contribution in [0.1, 0.15) is 0 Å². The van der Waals surface area contributed by atoms with Gasteiger partial charge < -0.3 is 4.42 Å². The highest BCUT2D eigenvalue weighted by Gasteiger charge is 2.23. The van der Waals surface area contributed by atoms with Gasteiger partial charge in [0.15, 0.2) is 17.5 Å². The number of rotatable bonds is 4. The van der Waals surface area contributed by atoms with Gasteiger partial charge in [0, 0.05) is 33.5 Å². The molecule has 0 spiro atoms. The van der Waals surface area contributed by atoms with Gasteiger partial charge in [0.2, 0.25) is 0 Å². The number of fused-ring (bicyclic) bond motifs is 7. The van der Waals surface area contributed by atoms with Crippen LogP contribution in [0.15, 0.2) is 150 Å². The van der Waals surface area contributed by atoms with E-state index in [9.17, 15) is 0 Å². The lowest BCUT2D eigenvalue weighted by molar-refractivity contribution is 0.669. The summed E-state index contributed by atoms with van der Waals surface area (Å²) in [6, 6.07) is 49.9. The number of para-hydroxylation sites is 1. The van der Waals surface area contributed by atoms with E-state index in [2.05, 4.69) is 78.9 Å². The fraction of sp³-hybridized carbons (Fsp3) is 0. The standard InChI is InChI=1S/C42H24N4OS/c1-3-12-27(13-4-1)39-44-40(29-22-21-26-20-19-25-11-7-8-16-30(25)32(26)23-29)46-41(45-39)37-36-31-17-9-10-18-33(31)47-34(36)24-35-38(37)43-42(48-35)28-14-5-2-6-15-28/h1-24H. The summed E-state index contributed by atoms with van der Waals surface area (Å²) >= 11 is 1.65. The van der Waals surface area contributed by atoms with Gasteiger partial charge >= 0.3 is 0 Å². The minimum Gasteiger partial charge on any atom is -0.456 e. The first kappa shape index (κ1) is 26.9. The second-order valence-electron chi connectivity index (χ2n) is 11.8. The second kappa shape index (κ2) is 10.7. The van der Waals surface area contributed by atoms with E-state index in [1.165, 1.54) is 16.2 Å². The van der Waals surface area contributed by atoms with Crippen LogP contribution in [0.2, 0.25) is 0 Å². The van der Waals surface area contributed by atoms with Crippen molar-refractivity contribution >= 4 is 65.0 Å². The van der Waals surface area contributed by atoms with Crippen molar-refractivity contribution in [3.05, 3.63) is 146 Å². The highest BCUT2D eigenvalue weighted by Crippen LogP contribution is 2.44. The molecule has 0 saturated heterocycles. The van der Waals surface area contributed by atoms with Crippen molar-refractivity contribution in [2.75, 3.05) is 0 Å². The molecular weight excluding hydrogens is 609 g/mol. The smallest absolute Gasteiger partial charge is 0.167 e. The molecule has 0 unspecified atom stereocenters. The van der Waals surface area contributed by atoms with Gasteiger partial charge in [0.1, 0.15) is 16.2 Å². The Kier molecular flexibility index (Phi) is 5.98. The molecule has 48 heavy (non-hydrogen) atoms. The van der Waals surface area contributed by atoms with Crippen LogP contribution in [-0.4, -0.2) is 19.9 Å². The molecule has 0 aliphatic rings. The summed E-state index contributed by atoms with van der Waals surface area (Å²) in [6.07, 6.45) is 0. The van der Waals surface area contributed by atoms with E-state index in [1.54, 1.807) is 11.3 Å². The molecule has 5 nitrogen and oxygen atoms in total. The van der Waals surface area contributed by atoms with Crippen molar-refractivity contribution in [3.8, 4) is 44.7 Å². The largest absolute Gasteiger partial charge is 0.456 e. The van der Waals surface area contributed by atoms with E-state index in [4.69, 9.17) is 24.4 Å². The van der Waals surface area contributed by atoms with E-state index < -0.39 is 0 Å². The van der Waals surface area contributed by atoms with Gasteiger partial charge in [-0.2, -0.15) is 0 Å². The molecule has 7 aromatic carbocycles. The first-order valence-electron chi connectivity index (χ1n) is 15.8. The Balaban J connectivity index is 1.29. The van der Waals surface area contributed by atoms with Crippen molar-refractivity contribution < 1.29 is 4.42 Å². The van der Waals surface area contributed by atoms with E-state index >= 15 is 0 Å². The second-order valence-corrected chi connectivity index (χ2v) is 12.9. The van der Waals surface area contributed by atoms with Crippen LogP contribution in [0.5, 0.6) is 0 Å². The lowest BCUT2D eigenvalue weighted by atomic mass is 9.99. The first-order valence-corrected chi connectivity index (χ1v) is 16.6. The molecule has 0 aliphatic carbocycles. The van der Waals surface area contributed by atoms with Crippen molar-refractivity contribution in [1.82, 2.24) is 19.9 Å². The number of hydrogen-bond acceptors (Lipinski definition) is 6. The Bertz CT molecular complexity index is 2840. The van der Waals surface area contributed by atoms with Crippen LogP contribution in [0.25, 0.3) is 98.4 Å². The molecule has 0 saturated carbocycles. The third kappa shape index (κ3) is 4.31. The highest BCUT2D eigenvalue weighted by molar-refractivity contribution is 7.21. The maximum atomic E-state index is 6.46. The summed E-state index contributed by atoms with van der Waals surface area (Å²) in [4.78, 5) is 20.8. The summed E-state index contributed by atoms with van der Waals surface area (Å²) in [5.41, 5.74) is 6.18. The monoisotopic (exact) mass is 632 g/mol. The molecule has 0 N–H and O–H groups in total. The molecule has 0 fully saturated rings. The first-order chi connectivity index (χ1) is 23.8. The topological polar surface area (TPSA) is 64.7 Å². The summed E-state index contributed by atoms with van der Waals surface area (Å²) in [5, 5.41) is 7.60. The third-order valence-electron chi connectivity index (χ3n) is 8.94. The zero-order valence-electron chi connectivity index (χ0n) is 25.5. The Morgan fingerprint density at radius 2 is 1.06 bits per heavy atom. The van der Waals surface area contributed by atoms with Gasteiger partial charge in [-0.25, -0.2) is 19.9 Å². The normalized spacial score (nSPS) is 11.8. The molecule has 6 heteroatoms. The van der Waals surface area contributed by atoms with E-state index in [-0.39, 0.29) is 0 Å². The highest BCUT2D eigenvalue weighted by atomic mass is 32.1. The summed E-state index contributed by atoms with van der Waals surface area (Å²) in [7, 11) is 0. The number of aromatic nitrogens is 4. The maximum Gasteiger partial charge on any atom is 0.167 e. The van der Waals surface area contributed by atoms with Crippen molar-refractivity contribution in [1.29, 1.82) is 0 Å². The molecule has 224 valence electrons. The van der Waals surface area contributed by atoms with Crippen LogP contribution in [0.3, 0.4) is 0 Å². The molecule has 3 aromatic heterocycles. The van der Waals surface area contributed by atoms with Gasteiger partial charge in [-0.15, -0.1) is 11.3 Å². The van der Waals surface area contributed by atoms with Crippen LogP contribution < -0.4 is 0 Å².